The lowest BCUT2D eigenvalue weighted by molar-refractivity contribution is -0.140. The topological polar surface area (TPSA) is 49.4 Å². The highest BCUT2D eigenvalue weighted by atomic mass is 19.1. The van der Waals surface area contributed by atoms with E-state index < -0.39 is 6.04 Å². The van der Waals surface area contributed by atoms with Crippen LogP contribution in [0.2, 0.25) is 0 Å². The van der Waals surface area contributed by atoms with Crippen molar-refractivity contribution in [2.75, 3.05) is 6.54 Å². The Kier molecular flexibility index (Phi) is 8.14. The fourth-order valence-corrected chi connectivity index (χ4v) is 3.61. The Balaban J connectivity index is 1.93. The first-order valence-corrected chi connectivity index (χ1v) is 10.9. The molecule has 0 saturated heterocycles. The van der Waals surface area contributed by atoms with Crippen molar-refractivity contribution >= 4 is 11.8 Å². The number of halogens is 1. The molecule has 32 heavy (non-hydrogen) atoms. The zero-order valence-corrected chi connectivity index (χ0v) is 18.6. The molecule has 0 bridgehead atoms. The largest absolute Gasteiger partial charge is 0.355 e. The molecule has 0 fully saturated rings. The molecule has 0 spiro atoms. The molecule has 0 saturated carbocycles. The number of carbonyl (C=O) groups excluding carboxylic acids is 2. The van der Waals surface area contributed by atoms with Crippen LogP contribution in [0.15, 0.2) is 78.9 Å². The van der Waals surface area contributed by atoms with Crippen molar-refractivity contribution in [2.24, 2.45) is 0 Å². The van der Waals surface area contributed by atoms with Gasteiger partial charge in [-0.3, -0.25) is 9.59 Å². The fourth-order valence-electron chi connectivity index (χ4n) is 3.61. The molecule has 2 amide bonds. The molecule has 0 aliphatic rings. The van der Waals surface area contributed by atoms with E-state index in [1.165, 1.54) is 12.1 Å². The van der Waals surface area contributed by atoms with E-state index in [2.05, 4.69) is 5.32 Å². The van der Waals surface area contributed by atoms with Gasteiger partial charge in [0.2, 0.25) is 11.8 Å². The maximum Gasteiger partial charge on any atom is 0.243 e. The molecule has 4 nitrogen and oxygen atoms in total. The van der Waals surface area contributed by atoms with Gasteiger partial charge in [-0.2, -0.15) is 0 Å². The highest BCUT2D eigenvalue weighted by Gasteiger charge is 2.30. The van der Waals surface area contributed by atoms with Crippen LogP contribution >= 0.6 is 0 Å². The highest BCUT2D eigenvalue weighted by Crippen LogP contribution is 2.17. The van der Waals surface area contributed by atoms with Crippen LogP contribution in [0.4, 0.5) is 4.39 Å². The third-order valence-corrected chi connectivity index (χ3v) is 5.36. The summed E-state index contributed by atoms with van der Waals surface area (Å²) < 4.78 is 13.3. The monoisotopic (exact) mass is 432 g/mol. The van der Waals surface area contributed by atoms with Gasteiger partial charge >= 0.3 is 0 Å². The molecule has 0 unspecified atom stereocenters. The van der Waals surface area contributed by atoms with Gasteiger partial charge in [-0.1, -0.05) is 72.3 Å². The van der Waals surface area contributed by atoms with E-state index in [1.54, 1.807) is 17.0 Å². The number of nitrogens with zero attached hydrogens (tertiary/aromatic N) is 1. The summed E-state index contributed by atoms with van der Waals surface area (Å²) in [5.41, 5.74) is 3.76. The number of likely N-dealkylation sites (N-methyl/N-ethyl adjacent to an activating group) is 1. The number of carbonyl (C=O) groups is 2. The Morgan fingerprint density at radius 1 is 0.875 bits per heavy atom. The Bertz CT molecular complexity index is 1020. The van der Waals surface area contributed by atoms with Gasteiger partial charge in [0.1, 0.15) is 11.9 Å². The predicted octanol–water partition coefficient (Wildman–Crippen LogP) is 4.45. The van der Waals surface area contributed by atoms with Gasteiger partial charge in [0.25, 0.3) is 0 Å². The predicted molar refractivity (Wildman–Crippen MR) is 124 cm³/mol. The molecule has 0 aromatic heterocycles. The number of nitrogens with one attached hydrogen (secondary N) is 1. The van der Waals surface area contributed by atoms with E-state index in [-0.39, 0.29) is 24.1 Å². The fraction of sp³-hybridized carbons (Fsp3) is 0.259. The number of aryl methyl sites for hydroxylation is 1. The zero-order chi connectivity index (χ0) is 22.9. The molecule has 1 N–H and O–H groups in total. The number of amides is 2. The lowest BCUT2D eigenvalue weighted by Crippen LogP contribution is -2.50. The van der Waals surface area contributed by atoms with Gasteiger partial charge in [-0.15, -0.1) is 0 Å². The quantitative estimate of drug-likeness (QED) is 0.543. The van der Waals surface area contributed by atoms with E-state index in [4.69, 9.17) is 0 Å². The van der Waals surface area contributed by atoms with Gasteiger partial charge in [0.05, 0.1) is 6.42 Å². The minimum absolute atomic E-state index is 0.0941. The molecular weight excluding hydrogens is 403 g/mol. The summed E-state index contributed by atoms with van der Waals surface area (Å²) in [4.78, 5) is 28.2. The van der Waals surface area contributed by atoms with Crippen LogP contribution in [-0.4, -0.2) is 29.3 Å². The number of benzene rings is 3. The molecule has 3 aromatic rings. The lowest BCUT2D eigenvalue weighted by Gasteiger charge is -2.31. The van der Waals surface area contributed by atoms with Crippen LogP contribution < -0.4 is 5.32 Å². The molecule has 3 rings (SSSR count). The van der Waals surface area contributed by atoms with E-state index in [0.717, 1.165) is 16.7 Å². The van der Waals surface area contributed by atoms with Crippen LogP contribution in [0, 0.1) is 12.7 Å². The molecule has 1 atom stereocenters. The lowest BCUT2D eigenvalue weighted by atomic mass is 10.0. The second-order valence-electron chi connectivity index (χ2n) is 7.91. The number of hydrogen-bond donors (Lipinski definition) is 1. The first kappa shape index (κ1) is 23.2. The second-order valence-corrected chi connectivity index (χ2v) is 7.91. The first-order chi connectivity index (χ1) is 15.5. The Morgan fingerprint density at radius 3 is 2.12 bits per heavy atom. The number of hydrogen-bond acceptors (Lipinski definition) is 2. The third kappa shape index (κ3) is 6.51. The molecule has 3 aromatic carbocycles. The minimum Gasteiger partial charge on any atom is -0.355 e. The van der Waals surface area contributed by atoms with E-state index >= 15 is 0 Å². The van der Waals surface area contributed by atoms with Crippen molar-refractivity contribution in [1.29, 1.82) is 0 Å². The Labute approximate surface area is 189 Å². The summed E-state index contributed by atoms with van der Waals surface area (Å²) >= 11 is 0. The molecule has 0 heterocycles. The average molecular weight is 433 g/mol. The van der Waals surface area contributed by atoms with Gasteiger partial charge in [0, 0.05) is 19.5 Å². The van der Waals surface area contributed by atoms with Gasteiger partial charge in [-0.25, -0.2) is 4.39 Å². The molecule has 0 radical (unpaired) electrons. The molecule has 0 aliphatic heterocycles. The van der Waals surface area contributed by atoms with Gasteiger partial charge in [-0.05, 0) is 42.7 Å². The van der Waals surface area contributed by atoms with Gasteiger partial charge in [0.15, 0.2) is 0 Å². The maximum atomic E-state index is 13.5. The molecule has 5 heteroatoms. The molecule has 166 valence electrons. The van der Waals surface area contributed by atoms with E-state index in [1.807, 2.05) is 68.4 Å². The van der Waals surface area contributed by atoms with Crippen molar-refractivity contribution in [3.63, 3.8) is 0 Å². The number of rotatable bonds is 9. The maximum absolute atomic E-state index is 13.5. The highest BCUT2D eigenvalue weighted by molar-refractivity contribution is 5.88. The van der Waals surface area contributed by atoms with Crippen LogP contribution in [-0.2, 0) is 29.0 Å². The molecule has 0 aliphatic carbocycles. The van der Waals surface area contributed by atoms with E-state index in [9.17, 15) is 14.0 Å². The van der Waals surface area contributed by atoms with Crippen molar-refractivity contribution in [3.8, 4) is 0 Å². The van der Waals surface area contributed by atoms with Crippen LogP contribution in [0.3, 0.4) is 0 Å². The zero-order valence-electron chi connectivity index (χ0n) is 18.6. The van der Waals surface area contributed by atoms with Crippen LogP contribution in [0.25, 0.3) is 0 Å². The summed E-state index contributed by atoms with van der Waals surface area (Å²) in [6.07, 6.45) is 0.504. The van der Waals surface area contributed by atoms with Gasteiger partial charge < -0.3 is 10.2 Å². The summed E-state index contributed by atoms with van der Waals surface area (Å²) in [5.74, 6) is -0.706. The van der Waals surface area contributed by atoms with Crippen molar-refractivity contribution in [1.82, 2.24) is 10.2 Å². The summed E-state index contributed by atoms with van der Waals surface area (Å²) in [7, 11) is 0. The summed E-state index contributed by atoms with van der Waals surface area (Å²) in [6.45, 7) is 4.67. The Hall–Kier alpha value is -3.47. The standard InChI is InChI=1S/C27H29FN2O2/c1-3-29-27(32)25(17-21-7-5-4-6-8-21)30(19-23-11-9-20(2)10-12-23)26(31)18-22-13-15-24(28)16-14-22/h4-16,25H,3,17-19H2,1-2H3,(H,29,32)/t25-/m0/s1. The Morgan fingerprint density at radius 2 is 1.50 bits per heavy atom. The van der Waals surface area contributed by atoms with Crippen LogP contribution in [0.1, 0.15) is 29.2 Å². The van der Waals surface area contributed by atoms with Crippen LogP contribution in [0.5, 0.6) is 0 Å². The summed E-state index contributed by atoms with van der Waals surface area (Å²) in [5, 5.41) is 2.89. The van der Waals surface area contributed by atoms with Crippen molar-refractivity contribution in [2.45, 2.75) is 39.3 Å². The SMILES string of the molecule is CCNC(=O)[C@H](Cc1ccccc1)N(Cc1ccc(C)cc1)C(=O)Cc1ccc(F)cc1. The normalized spacial score (nSPS) is 11.6. The van der Waals surface area contributed by atoms with Crippen molar-refractivity contribution < 1.29 is 14.0 Å². The summed E-state index contributed by atoms with van der Waals surface area (Å²) in [6, 6.07) is 22.9. The average Bonchev–Trinajstić information content (AvgIpc) is 2.79. The third-order valence-electron chi connectivity index (χ3n) is 5.36. The smallest absolute Gasteiger partial charge is 0.243 e. The first-order valence-electron chi connectivity index (χ1n) is 10.9. The minimum atomic E-state index is -0.661. The van der Waals surface area contributed by atoms with E-state index in [0.29, 0.717) is 25.1 Å². The van der Waals surface area contributed by atoms with Crippen molar-refractivity contribution in [3.05, 3.63) is 107 Å². The molecular formula is C27H29FN2O2. The second kappa shape index (κ2) is 11.2.